The topological polar surface area (TPSA) is 88.5 Å². The average molecular weight is 450 g/mol. The van der Waals surface area contributed by atoms with Gasteiger partial charge in [-0.2, -0.15) is 13.2 Å². The monoisotopic (exact) mass is 450 g/mol. The zero-order valence-electron chi connectivity index (χ0n) is 17.0. The first-order valence-electron chi connectivity index (χ1n) is 9.31. The van der Waals surface area contributed by atoms with Gasteiger partial charge in [0.05, 0.1) is 11.1 Å². The van der Waals surface area contributed by atoms with Crippen molar-refractivity contribution in [1.82, 2.24) is 10.3 Å². The van der Waals surface area contributed by atoms with Crippen LogP contribution in [0.5, 0.6) is 5.75 Å². The van der Waals surface area contributed by atoms with Gasteiger partial charge in [-0.3, -0.25) is 9.78 Å². The van der Waals surface area contributed by atoms with Crippen LogP contribution in [0.1, 0.15) is 35.3 Å². The maximum absolute atomic E-state index is 14.6. The summed E-state index contributed by atoms with van der Waals surface area (Å²) in [5.74, 6) is -3.08. The number of benzene rings is 2. The minimum absolute atomic E-state index is 0.0745. The Kier molecular flexibility index (Phi) is 6.07. The Morgan fingerprint density at radius 2 is 1.75 bits per heavy atom. The van der Waals surface area contributed by atoms with Gasteiger partial charge < -0.3 is 15.2 Å². The summed E-state index contributed by atoms with van der Waals surface area (Å²) in [6, 6.07) is 7.83. The lowest BCUT2D eigenvalue weighted by Crippen LogP contribution is -2.49. The summed E-state index contributed by atoms with van der Waals surface area (Å²) in [5.41, 5.74) is -2.86. The van der Waals surface area contributed by atoms with Gasteiger partial charge in [0.25, 0.3) is 5.91 Å². The van der Waals surface area contributed by atoms with Crippen molar-refractivity contribution in [3.8, 4) is 5.75 Å². The summed E-state index contributed by atoms with van der Waals surface area (Å²) in [6.45, 7) is 2.11. The van der Waals surface area contributed by atoms with Crippen molar-refractivity contribution >= 4 is 22.6 Å². The quantitative estimate of drug-likeness (QED) is 0.538. The molecule has 0 saturated carbocycles. The third-order valence-electron chi connectivity index (χ3n) is 4.66. The Morgan fingerprint density at radius 3 is 2.38 bits per heavy atom. The third kappa shape index (κ3) is 4.79. The Labute approximate surface area is 179 Å². The van der Waals surface area contributed by atoms with E-state index in [-0.39, 0.29) is 27.6 Å². The molecule has 0 spiro atoms. The summed E-state index contributed by atoms with van der Waals surface area (Å²) in [5, 5.41) is 11.9. The smallest absolute Gasteiger partial charge is 0.417 e. The number of carboxylic acid groups (broad SMARTS) is 1. The van der Waals surface area contributed by atoms with Crippen LogP contribution in [0.4, 0.5) is 17.6 Å². The molecule has 0 bridgehead atoms. The number of alkyl halides is 3. The lowest BCUT2D eigenvalue weighted by Gasteiger charge is -2.22. The molecule has 3 aromatic rings. The molecule has 10 heteroatoms. The summed E-state index contributed by atoms with van der Waals surface area (Å²) < 4.78 is 59.2. The standard InChI is InChI=1S/C22H18F4N2O4/c1-21(2,20(30)31)28-19(29)16-8-17(23)14-5-3-4-6-15(14)18(16)32-11-12-7-13(10-27-9-12)22(24,25)26/h3-10H,11H2,1-2H3,(H,28,29)(H,30,31). The number of pyridine rings is 1. The Morgan fingerprint density at radius 1 is 1.09 bits per heavy atom. The number of hydrogen-bond donors (Lipinski definition) is 2. The highest BCUT2D eigenvalue weighted by molar-refractivity contribution is 6.05. The number of carbonyl (C=O) groups excluding carboxylic acids is 1. The van der Waals surface area contributed by atoms with E-state index in [4.69, 9.17) is 4.74 Å². The number of fused-ring (bicyclic) bond motifs is 1. The molecule has 1 heterocycles. The Bertz CT molecular complexity index is 1190. The highest BCUT2D eigenvalue weighted by Gasteiger charge is 2.32. The van der Waals surface area contributed by atoms with Crippen LogP contribution in [0.15, 0.2) is 48.8 Å². The van der Waals surface area contributed by atoms with Gasteiger partial charge in [0, 0.05) is 28.7 Å². The van der Waals surface area contributed by atoms with E-state index in [9.17, 15) is 32.3 Å². The summed E-state index contributed by atoms with van der Waals surface area (Å²) in [6.07, 6.45) is -2.75. The highest BCUT2D eigenvalue weighted by Crippen LogP contribution is 2.34. The number of amides is 1. The molecule has 3 rings (SSSR count). The van der Waals surface area contributed by atoms with Crippen LogP contribution in [-0.2, 0) is 17.6 Å². The third-order valence-corrected chi connectivity index (χ3v) is 4.66. The van der Waals surface area contributed by atoms with Gasteiger partial charge in [0.2, 0.25) is 0 Å². The maximum atomic E-state index is 14.6. The molecule has 0 atom stereocenters. The summed E-state index contributed by atoms with van der Waals surface area (Å²) in [7, 11) is 0. The predicted octanol–water partition coefficient (Wildman–Crippen LogP) is 4.56. The van der Waals surface area contributed by atoms with Gasteiger partial charge in [-0.15, -0.1) is 0 Å². The molecule has 6 nitrogen and oxygen atoms in total. The van der Waals surface area contributed by atoms with Crippen LogP contribution < -0.4 is 10.1 Å². The van der Waals surface area contributed by atoms with E-state index in [0.717, 1.165) is 12.1 Å². The van der Waals surface area contributed by atoms with E-state index in [1.807, 2.05) is 0 Å². The zero-order chi connectivity index (χ0) is 23.7. The molecule has 32 heavy (non-hydrogen) atoms. The first-order chi connectivity index (χ1) is 14.9. The van der Waals surface area contributed by atoms with Gasteiger partial charge in [0.15, 0.2) is 0 Å². The zero-order valence-corrected chi connectivity index (χ0v) is 17.0. The molecular weight excluding hydrogens is 432 g/mol. The molecule has 0 saturated heterocycles. The largest absolute Gasteiger partial charge is 0.487 e. The van der Waals surface area contributed by atoms with E-state index in [1.54, 1.807) is 12.1 Å². The van der Waals surface area contributed by atoms with Crippen molar-refractivity contribution < 1.29 is 37.0 Å². The molecule has 0 aliphatic carbocycles. The van der Waals surface area contributed by atoms with Crippen molar-refractivity contribution in [2.75, 3.05) is 0 Å². The van der Waals surface area contributed by atoms with Crippen molar-refractivity contribution in [1.29, 1.82) is 0 Å². The molecular formula is C22H18F4N2O4. The molecule has 0 aliphatic rings. The number of carboxylic acids is 1. The number of ether oxygens (including phenoxy) is 1. The van der Waals surface area contributed by atoms with Gasteiger partial charge in [0.1, 0.15) is 23.7 Å². The van der Waals surface area contributed by atoms with Crippen LogP contribution in [0.3, 0.4) is 0 Å². The predicted molar refractivity (Wildman–Crippen MR) is 107 cm³/mol. The molecule has 0 radical (unpaired) electrons. The number of halogens is 4. The second-order valence-corrected chi connectivity index (χ2v) is 7.53. The fourth-order valence-corrected chi connectivity index (χ4v) is 2.91. The number of nitrogens with zero attached hydrogens (tertiary/aromatic N) is 1. The van der Waals surface area contributed by atoms with Crippen molar-refractivity contribution in [2.45, 2.75) is 32.2 Å². The molecule has 1 amide bonds. The van der Waals surface area contributed by atoms with E-state index in [2.05, 4.69) is 10.3 Å². The second kappa shape index (κ2) is 8.45. The van der Waals surface area contributed by atoms with E-state index in [1.165, 1.54) is 32.2 Å². The number of aromatic nitrogens is 1. The molecule has 0 fully saturated rings. The van der Waals surface area contributed by atoms with Crippen LogP contribution in [0.2, 0.25) is 0 Å². The number of hydrogen-bond acceptors (Lipinski definition) is 4. The first kappa shape index (κ1) is 23.0. The van der Waals surface area contributed by atoms with Crippen molar-refractivity contribution in [3.05, 3.63) is 71.3 Å². The number of nitrogens with one attached hydrogen (secondary N) is 1. The fourth-order valence-electron chi connectivity index (χ4n) is 2.91. The lowest BCUT2D eigenvalue weighted by molar-refractivity contribution is -0.143. The highest BCUT2D eigenvalue weighted by atomic mass is 19.4. The van der Waals surface area contributed by atoms with Gasteiger partial charge in [-0.1, -0.05) is 24.3 Å². The normalized spacial score (nSPS) is 11.9. The van der Waals surface area contributed by atoms with E-state index in [0.29, 0.717) is 6.20 Å². The van der Waals surface area contributed by atoms with Crippen molar-refractivity contribution in [2.24, 2.45) is 0 Å². The van der Waals surface area contributed by atoms with Crippen LogP contribution in [0, 0.1) is 5.82 Å². The Hall–Kier alpha value is -3.69. The minimum Gasteiger partial charge on any atom is -0.487 e. The van der Waals surface area contributed by atoms with Gasteiger partial charge in [-0.05, 0) is 26.0 Å². The maximum Gasteiger partial charge on any atom is 0.417 e. The molecule has 2 aromatic carbocycles. The summed E-state index contributed by atoms with van der Waals surface area (Å²) >= 11 is 0. The van der Waals surface area contributed by atoms with E-state index >= 15 is 0 Å². The van der Waals surface area contributed by atoms with Crippen molar-refractivity contribution in [3.63, 3.8) is 0 Å². The average Bonchev–Trinajstić information content (AvgIpc) is 2.72. The second-order valence-electron chi connectivity index (χ2n) is 7.53. The molecule has 168 valence electrons. The molecule has 1 aromatic heterocycles. The Balaban J connectivity index is 2.03. The number of rotatable bonds is 6. The van der Waals surface area contributed by atoms with Gasteiger partial charge in [-0.25, -0.2) is 9.18 Å². The van der Waals surface area contributed by atoms with Crippen LogP contribution >= 0.6 is 0 Å². The SMILES string of the molecule is CC(C)(NC(=O)c1cc(F)c2ccccc2c1OCc1cncc(C(F)(F)F)c1)C(=O)O. The minimum atomic E-state index is -4.60. The molecule has 2 N–H and O–H groups in total. The molecule has 0 aliphatic heterocycles. The molecule has 0 unspecified atom stereocenters. The van der Waals surface area contributed by atoms with E-state index < -0.39 is 41.6 Å². The van der Waals surface area contributed by atoms with Crippen LogP contribution in [0.25, 0.3) is 10.8 Å². The number of aliphatic carboxylic acids is 1. The van der Waals surface area contributed by atoms with Gasteiger partial charge >= 0.3 is 12.1 Å². The summed E-state index contributed by atoms with van der Waals surface area (Å²) in [4.78, 5) is 27.7. The lowest BCUT2D eigenvalue weighted by atomic mass is 10.0. The van der Waals surface area contributed by atoms with Crippen LogP contribution in [-0.4, -0.2) is 27.5 Å². The number of carbonyl (C=O) groups is 2. The first-order valence-corrected chi connectivity index (χ1v) is 9.31. The fraction of sp³-hybridized carbons (Fsp3) is 0.227.